The Morgan fingerprint density at radius 2 is 1.71 bits per heavy atom. The normalized spacial score (nSPS) is 12.3. The number of phenols is 1. The summed E-state index contributed by atoms with van der Waals surface area (Å²) in [7, 11) is 0. The first-order chi connectivity index (χ1) is 9.92. The molecule has 2 aromatic carbocycles. The SMILES string of the molecule is Nc1ccc(O)c(-c2cc(CC(O)CO)cc(N)c2N)c1. The highest BCUT2D eigenvalue weighted by Gasteiger charge is 2.14. The molecule has 0 heterocycles. The predicted octanol–water partition coefficient (Wildman–Crippen LogP) is 0.701. The number of hydrogen-bond donors (Lipinski definition) is 6. The fraction of sp³-hybridized carbons (Fsp3) is 0.200. The molecular weight excluding hydrogens is 270 g/mol. The summed E-state index contributed by atoms with van der Waals surface area (Å²) in [5.74, 6) is 0.0372. The van der Waals surface area contributed by atoms with E-state index in [-0.39, 0.29) is 18.8 Å². The second-order valence-corrected chi connectivity index (χ2v) is 4.96. The van der Waals surface area contributed by atoms with Gasteiger partial charge in [0.2, 0.25) is 0 Å². The van der Waals surface area contributed by atoms with E-state index in [1.165, 1.54) is 6.07 Å². The molecular formula is C15H19N3O3. The quantitative estimate of drug-likeness (QED) is 0.362. The molecule has 0 fully saturated rings. The minimum Gasteiger partial charge on any atom is -0.507 e. The van der Waals surface area contributed by atoms with Gasteiger partial charge in [0.05, 0.1) is 24.1 Å². The van der Waals surface area contributed by atoms with Gasteiger partial charge in [0, 0.05) is 23.2 Å². The van der Waals surface area contributed by atoms with Crippen LogP contribution in [0.3, 0.4) is 0 Å². The van der Waals surface area contributed by atoms with Crippen molar-refractivity contribution in [3.63, 3.8) is 0 Å². The molecule has 1 atom stereocenters. The van der Waals surface area contributed by atoms with Crippen LogP contribution < -0.4 is 17.2 Å². The molecule has 0 spiro atoms. The van der Waals surface area contributed by atoms with Gasteiger partial charge in [-0.25, -0.2) is 0 Å². The van der Waals surface area contributed by atoms with E-state index in [1.54, 1.807) is 24.3 Å². The van der Waals surface area contributed by atoms with E-state index < -0.39 is 6.10 Å². The van der Waals surface area contributed by atoms with Crippen LogP contribution >= 0.6 is 0 Å². The molecule has 0 amide bonds. The first kappa shape index (κ1) is 15.0. The van der Waals surface area contributed by atoms with Crippen LogP contribution in [-0.4, -0.2) is 28.0 Å². The topological polar surface area (TPSA) is 139 Å². The third-order valence-corrected chi connectivity index (χ3v) is 3.26. The molecule has 0 aliphatic heterocycles. The Kier molecular flexibility index (Phi) is 4.21. The average molecular weight is 289 g/mol. The first-order valence-corrected chi connectivity index (χ1v) is 6.48. The molecule has 21 heavy (non-hydrogen) atoms. The summed E-state index contributed by atoms with van der Waals surface area (Å²) >= 11 is 0. The zero-order valence-corrected chi connectivity index (χ0v) is 11.5. The summed E-state index contributed by atoms with van der Waals surface area (Å²) in [6, 6.07) is 8.03. The third kappa shape index (κ3) is 3.18. The maximum absolute atomic E-state index is 9.98. The summed E-state index contributed by atoms with van der Waals surface area (Å²) in [5.41, 5.74) is 20.5. The van der Waals surface area contributed by atoms with Crippen LogP contribution in [0.5, 0.6) is 5.75 Å². The standard InChI is InChI=1S/C15H19N3O3/c16-9-1-2-14(21)11(6-9)12-4-8(3-10(20)7-19)5-13(17)15(12)18/h1-2,4-6,10,19-21H,3,7,16-18H2. The molecule has 0 saturated carbocycles. The molecule has 0 aromatic heterocycles. The van der Waals surface area contributed by atoms with Crippen molar-refractivity contribution in [2.45, 2.75) is 12.5 Å². The number of phenolic OH excluding ortho intramolecular Hbond substituents is 1. The minimum atomic E-state index is -0.879. The fourth-order valence-electron chi connectivity index (χ4n) is 2.18. The van der Waals surface area contributed by atoms with Crippen molar-refractivity contribution >= 4 is 17.1 Å². The Labute approximate surface area is 122 Å². The van der Waals surface area contributed by atoms with Crippen molar-refractivity contribution in [2.24, 2.45) is 0 Å². The number of rotatable bonds is 4. The number of benzene rings is 2. The zero-order chi connectivity index (χ0) is 15.6. The molecule has 0 aliphatic rings. The Balaban J connectivity index is 2.54. The zero-order valence-electron chi connectivity index (χ0n) is 11.5. The van der Waals surface area contributed by atoms with Crippen LogP contribution in [0.4, 0.5) is 17.1 Å². The maximum atomic E-state index is 9.98. The van der Waals surface area contributed by atoms with Crippen LogP contribution in [0.1, 0.15) is 5.56 Å². The molecule has 6 nitrogen and oxygen atoms in total. The maximum Gasteiger partial charge on any atom is 0.123 e. The van der Waals surface area contributed by atoms with Gasteiger partial charge in [0.25, 0.3) is 0 Å². The molecule has 6 heteroatoms. The van der Waals surface area contributed by atoms with Gasteiger partial charge in [-0.1, -0.05) is 0 Å². The smallest absolute Gasteiger partial charge is 0.123 e. The van der Waals surface area contributed by atoms with Crippen molar-refractivity contribution < 1.29 is 15.3 Å². The van der Waals surface area contributed by atoms with Gasteiger partial charge in [0.15, 0.2) is 0 Å². The summed E-state index contributed by atoms with van der Waals surface area (Å²) in [5, 5.41) is 28.4. The van der Waals surface area contributed by atoms with E-state index in [2.05, 4.69) is 0 Å². The molecule has 112 valence electrons. The van der Waals surface area contributed by atoms with Crippen molar-refractivity contribution in [1.29, 1.82) is 0 Å². The second-order valence-electron chi connectivity index (χ2n) is 4.96. The lowest BCUT2D eigenvalue weighted by atomic mass is 9.96. The molecule has 0 saturated heterocycles. The molecule has 2 rings (SSSR count). The number of nitrogens with two attached hydrogens (primary N) is 3. The average Bonchev–Trinajstić information content (AvgIpc) is 2.45. The number of aromatic hydroxyl groups is 1. The van der Waals surface area contributed by atoms with E-state index >= 15 is 0 Å². The lowest BCUT2D eigenvalue weighted by molar-refractivity contribution is 0.0955. The van der Waals surface area contributed by atoms with Crippen LogP contribution in [0.15, 0.2) is 30.3 Å². The van der Waals surface area contributed by atoms with Gasteiger partial charge in [-0.3, -0.25) is 0 Å². The molecule has 0 bridgehead atoms. The highest BCUT2D eigenvalue weighted by Crippen LogP contribution is 2.38. The predicted molar refractivity (Wildman–Crippen MR) is 83.6 cm³/mol. The second kappa shape index (κ2) is 5.90. The van der Waals surface area contributed by atoms with E-state index in [0.717, 1.165) is 0 Å². The molecule has 9 N–H and O–H groups in total. The van der Waals surface area contributed by atoms with Gasteiger partial charge in [-0.05, 0) is 35.9 Å². The van der Waals surface area contributed by atoms with Gasteiger partial charge < -0.3 is 32.5 Å². The summed E-state index contributed by atoms with van der Waals surface area (Å²) < 4.78 is 0. The molecule has 2 aromatic rings. The Hall–Kier alpha value is -2.44. The van der Waals surface area contributed by atoms with E-state index in [1.807, 2.05) is 0 Å². The number of anilines is 3. The van der Waals surface area contributed by atoms with Crippen LogP contribution in [0.25, 0.3) is 11.1 Å². The largest absolute Gasteiger partial charge is 0.507 e. The van der Waals surface area contributed by atoms with Crippen LogP contribution in [-0.2, 0) is 6.42 Å². The Morgan fingerprint density at radius 3 is 2.38 bits per heavy atom. The molecule has 0 aliphatic carbocycles. The van der Waals surface area contributed by atoms with E-state index in [9.17, 15) is 10.2 Å². The molecule has 0 radical (unpaired) electrons. The van der Waals surface area contributed by atoms with Crippen molar-refractivity contribution in [2.75, 3.05) is 23.8 Å². The third-order valence-electron chi connectivity index (χ3n) is 3.26. The van der Waals surface area contributed by atoms with Crippen molar-refractivity contribution in [3.8, 4) is 16.9 Å². The van der Waals surface area contributed by atoms with Gasteiger partial charge in [0.1, 0.15) is 5.75 Å². The summed E-state index contributed by atoms with van der Waals surface area (Å²) in [4.78, 5) is 0. The fourth-order valence-corrected chi connectivity index (χ4v) is 2.18. The number of aliphatic hydroxyl groups is 2. The van der Waals surface area contributed by atoms with Gasteiger partial charge >= 0.3 is 0 Å². The van der Waals surface area contributed by atoms with Gasteiger partial charge in [-0.2, -0.15) is 0 Å². The van der Waals surface area contributed by atoms with Crippen molar-refractivity contribution in [1.82, 2.24) is 0 Å². The highest BCUT2D eigenvalue weighted by atomic mass is 16.3. The summed E-state index contributed by atoms with van der Waals surface area (Å²) in [6.07, 6.45) is -0.646. The summed E-state index contributed by atoms with van der Waals surface area (Å²) in [6.45, 7) is -0.344. The van der Waals surface area contributed by atoms with E-state index in [4.69, 9.17) is 22.3 Å². The van der Waals surface area contributed by atoms with Crippen LogP contribution in [0, 0.1) is 0 Å². The highest BCUT2D eigenvalue weighted by molar-refractivity contribution is 5.88. The number of aliphatic hydroxyl groups excluding tert-OH is 2. The lowest BCUT2D eigenvalue weighted by Gasteiger charge is -2.15. The first-order valence-electron chi connectivity index (χ1n) is 6.48. The molecule has 1 unspecified atom stereocenters. The minimum absolute atomic E-state index is 0.0372. The van der Waals surface area contributed by atoms with E-state index in [0.29, 0.717) is 33.8 Å². The Morgan fingerprint density at radius 1 is 1.00 bits per heavy atom. The van der Waals surface area contributed by atoms with Crippen molar-refractivity contribution in [3.05, 3.63) is 35.9 Å². The van der Waals surface area contributed by atoms with Crippen LogP contribution in [0.2, 0.25) is 0 Å². The number of hydrogen-bond acceptors (Lipinski definition) is 6. The lowest BCUT2D eigenvalue weighted by Crippen LogP contribution is -2.15. The van der Waals surface area contributed by atoms with Gasteiger partial charge in [-0.15, -0.1) is 0 Å². The monoisotopic (exact) mass is 289 g/mol. The Bertz CT molecular complexity index is 659. The number of nitrogen functional groups attached to an aromatic ring is 3.